The van der Waals surface area contributed by atoms with Crippen LogP contribution in [0, 0.1) is 28.9 Å². The van der Waals surface area contributed by atoms with E-state index in [1.165, 1.54) is 17.1 Å². The molecule has 1 fully saturated rings. The number of hydrogen-bond donors (Lipinski definition) is 11. The molecule has 0 spiro atoms. The van der Waals surface area contributed by atoms with Gasteiger partial charge in [-0.15, -0.1) is 0 Å². The van der Waals surface area contributed by atoms with Crippen molar-refractivity contribution in [2.75, 3.05) is 32.8 Å². The van der Waals surface area contributed by atoms with Crippen LogP contribution >= 0.6 is 0 Å². The number of alkyl halides is 3. The molecule has 2 aliphatic rings. The number of urea groups is 1. The van der Waals surface area contributed by atoms with Gasteiger partial charge in [-0.2, -0.15) is 13.2 Å². The number of aliphatic hydroxyl groups is 1. The number of aliphatic carboxylic acids is 2. The van der Waals surface area contributed by atoms with Crippen LogP contribution in [0.15, 0.2) is 72.9 Å². The monoisotopic (exact) mass is 1320 g/mol. The fourth-order valence-electron chi connectivity index (χ4n) is 10.7. The van der Waals surface area contributed by atoms with Crippen molar-refractivity contribution in [3.05, 3.63) is 95.8 Å². The first-order chi connectivity index (χ1) is 43.7. The van der Waals surface area contributed by atoms with E-state index < -0.39 is 131 Å². The Kier molecular flexibility index (Phi) is 30.0. The molecule has 25 nitrogen and oxygen atoms in total. The second kappa shape index (κ2) is 36.4. The van der Waals surface area contributed by atoms with Crippen LogP contribution in [0.1, 0.15) is 135 Å². The lowest BCUT2D eigenvalue weighted by atomic mass is 9.82. The molecule has 0 radical (unpaired) electrons. The van der Waals surface area contributed by atoms with Gasteiger partial charge in [-0.25, -0.2) is 23.2 Å². The number of hydrogen-bond acceptors (Lipinski definition) is 13. The number of imide groups is 1. The second-order valence-corrected chi connectivity index (χ2v) is 24.3. The summed E-state index contributed by atoms with van der Waals surface area (Å²) < 4.78 is 63.3. The van der Waals surface area contributed by atoms with Crippen molar-refractivity contribution in [1.82, 2.24) is 46.3 Å². The Bertz CT molecular complexity index is 3100. The summed E-state index contributed by atoms with van der Waals surface area (Å²) in [5.41, 5.74) is 12.9. The zero-order chi connectivity index (χ0) is 69.3. The lowest BCUT2D eigenvalue weighted by Gasteiger charge is -2.41. The van der Waals surface area contributed by atoms with Gasteiger partial charge < -0.3 is 68.2 Å². The topological polar surface area (TPSA) is 384 Å². The molecule has 6 unspecified atom stereocenters. The summed E-state index contributed by atoms with van der Waals surface area (Å²) in [6.45, 7) is 8.98. The predicted octanol–water partition coefficient (Wildman–Crippen LogP) is 4.44. The first-order valence-corrected chi connectivity index (χ1v) is 30.6. The lowest BCUT2D eigenvalue weighted by molar-refractivity contribution is -0.192. The van der Waals surface area contributed by atoms with Crippen LogP contribution in [0.5, 0.6) is 0 Å². The third-order valence-corrected chi connectivity index (χ3v) is 15.5. The Labute approximate surface area is 535 Å². The molecule has 0 saturated heterocycles. The molecule has 1 aliphatic carbocycles. The van der Waals surface area contributed by atoms with Gasteiger partial charge in [0.15, 0.2) is 0 Å². The highest BCUT2D eigenvalue weighted by Crippen LogP contribution is 2.41. The van der Waals surface area contributed by atoms with Crippen molar-refractivity contribution < 1.29 is 90.0 Å². The summed E-state index contributed by atoms with van der Waals surface area (Å²) in [7, 11) is 0. The molecule has 13 N–H and O–H groups in total. The molecule has 0 bridgehead atoms. The van der Waals surface area contributed by atoms with E-state index in [1.54, 1.807) is 26.1 Å². The summed E-state index contributed by atoms with van der Waals surface area (Å²) in [6, 6.07) is 7.59. The molecule has 2 aromatic carbocycles. The smallest absolute Gasteiger partial charge is 0.480 e. The van der Waals surface area contributed by atoms with E-state index >= 15 is 4.39 Å². The number of primary amides is 1. The number of halogens is 5. The Hall–Kier alpha value is -8.80. The number of rotatable bonds is 34. The molecule has 512 valence electrons. The van der Waals surface area contributed by atoms with Gasteiger partial charge in [0, 0.05) is 86.3 Å². The number of aliphatic hydroxyl groups excluding tert-OH is 1. The van der Waals surface area contributed by atoms with E-state index in [2.05, 4.69) is 31.9 Å². The largest absolute Gasteiger partial charge is 0.490 e. The van der Waals surface area contributed by atoms with Gasteiger partial charge in [0.1, 0.15) is 36.4 Å². The number of carbonyl (C=O) groups is 11. The van der Waals surface area contributed by atoms with Crippen molar-refractivity contribution >= 4 is 65.2 Å². The quantitative estimate of drug-likeness (QED) is 0.0224. The van der Waals surface area contributed by atoms with E-state index in [-0.39, 0.29) is 82.2 Å². The Balaban J connectivity index is 0.00000248. The molecule has 10 amide bonds. The highest BCUT2D eigenvalue weighted by atomic mass is 19.4. The molecular weight excluding hydrogens is 1230 g/mol. The molecule has 93 heavy (non-hydrogen) atoms. The fraction of sp³-hybridized carbons (Fsp3) is 0.540. The number of carboxylic acids is 2. The molecule has 7 atom stereocenters. The molecule has 30 heteroatoms. The maximum atomic E-state index is 15.2. The molecule has 5 rings (SSSR count). The van der Waals surface area contributed by atoms with Crippen molar-refractivity contribution in [3.8, 4) is 11.1 Å². The standard InChI is InChI=1S/C61H85F2N11O12.C2HF3O2/c1-37(2)53(71-49(76)19-10-7-13-29-73-50(77)24-25-51(73)78)58(83)69-46(18-14-28-67-60(65)86)57(82)70-47(59(84)85)17-11-12-27-66-55(80)39-20-22-42(31-39)68-56(81)45(64)26-30-74(52(79)36-75)54(61(3,4)5)48-32-40(43-33-41(62)21-23-44(43)63)35-72(48)34-38-15-8-6-9-16-38;3-2(4,5)1(6)7/h6,8-9,15-16,21,23-25,32-33,35,37,39,42,45-47,53-54,75H,7,10-14,17-20,22,26-31,34,36,64H2,1-5H3,(H,66,80)(H,68,81)(H,69,83)(H,70,82)(H,71,76)(H,84,85)(H3,65,67,86);(H,6,7)/t39?,42?,45?,46?,47?,53-,54?;/m0./s1. The first-order valence-electron chi connectivity index (χ1n) is 30.6. The normalized spacial score (nSPS) is 16.2. The predicted molar refractivity (Wildman–Crippen MR) is 328 cm³/mol. The van der Waals surface area contributed by atoms with E-state index in [0.717, 1.165) is 28.7 Å². The summed E-state index contributed by atoms with van der Waals surface area (Å²) in [4.78, 5) is 140. The summed E-state index contributed by atoms with van der Waals surface area (Å²) in [5.74, 6) is -10.3. The molecular formula is C63H86F5N11O14. The van der Waals surface area contributed by atoms with Crippen molar-refractivity contribution in [1.29, 1.82) is 0 Å². The van der Waals surface area contributed by atoms with Gasteiger partial charge in [0.25, 0.3) is 11.8 Å². The van der Waals surface area contributed by atoms with Crippen LogP contribution in [0.2, 0.25) is 0 Å². The number of carboxylic acid groups (broad SMARTS) is 2. The first kappa shape index (κ1) is 76.7. The molecule has 2 heterocycles. The number of amides is 10. The minimum absolute atomic E-state index is 0.00955. The van der Waals surface area contributed by atoms with E-state index in [0.29, 0.717) is 62.7 Å². The Morgan fingerprint density at radius 3 is 1.99 bits per heavy atom. The van der Waals surface area contributed by atoms with E-state index in [1.807, 2.05) is 55.7 Å². The van der Waals surface area contributed by atoms with Gasteiger partial charge in [0.2, 0.25) is 35.4 Å². The van der Waals surface area contributed by atoms with Crippen LogP contribution in [-0.4, -0.2) is 164 Å². The minimum Gasteiger partial charge on any atom is -0.480 e. The number of carbonyl (C=O) groups excluding carboxylic acids is 9. The summed E-state index contributed by atoms with van der Waals surface area (Å²) >= 11 is 0. The molecule has 1 saturated carbocycles. The number of nitrogens with zero attached hydrogens (tertiary/aromatic N) is 3. The Morgan fingerprint density at radius 2 is 1.39 bits per heavy atom. The van der Waals surface area contributed by atoms with Crippen LogP contribution < -0.4 is 43.4 Å². The summed E-state index contributed by atoms with van der Waals surface area (Å²) in [5, 5.41) is 43.5. The van der Waals surface area contributed by atoms with Gasteiger partial charge >= 0.3 is 24.1 Å². The SMILES string of the molecule is CC(C)[C@H](NC(=O)CCCCCN1C(=O)C=CC1=O)C(=O)NC(CCCNC(N)=O)C(=O)NC(CCCCNC(=O)C1CCC(NC(=O)C(N)CCN(C(=O)CO)C(c2cc(-c3cc(F)ccc3F)cn2Cc2ccccc2)C(C)(C)C)C1)C(=O)O.O=C(O)C(F)(F)F. The maximum absolute atomic E-state index is 15.2. The molecule has 1 aliphatic heterocycles. The van der Waals surface area contributed by atoms with Gasteiger partial charge in [-0.3, -0.25) is 43.3 Å². The zero-order valence-corrected chi connectivity index (χ0v) is 52.7. The maximum Gasteiger partial charge on any atom is 0.490 e. The van der Waals surface area contributed by atoms with E-state index in [4.69, 9.17) is 21.4 Å². The summed E-state index contributed by atoms with van der Waals surface area (Å²) in [6.07, 6.45) is 2.44. The van der Waals surface area contributed by atoms with Crippen LogP contribution in [0.4, 0.5) is 26.7 Å². The average molecular weight is 1320 g/mol. The number of benzene rings is 2. The van der Waals surface area contributed by atoms with Crippen molar-refractivity contribution in [2.45, 2.75) is 167 Å². The second-order valence-electron chi connectivity index (χ2n) is 24.3. The van der Waals surface area contributed by atoms with Crippen molar-refractivity contribution in [3.63, 3.8) is 0 Å². The van der Waals surface area contributed by atoms with E-state index in [9.17, 15) is 75.7 Å². The Morgan fingerprint density at radius 1 is 0.753 bits per heavy atom. The number of aromatic nitrogens is 1. The molecule has 3 aromatic rings. The minimum atomic E-state index is -5.08. The third-order valence-electron chi connectivity index (χ3n) is 15.5. The average Bonchev–Trinajstić information content (AvgIpc) is 1.77. The molecule has 1 aromatic heterocycles. The van der Waals surface area contributed by atoms with Crippen LogP contribution in [-0.2, 0) is 54.5 Å². The highest BCUT2D eigenvalue weighted by Gasteiger charge is 2.40. The number of unbranched alkanes of at least 4 members (excludes halogenated alkanes) is 3. The van der Waals surface area contributed by atoms with Gasteiger partial charge in [-0.05, 0) is 112 Å². The van der Waals surface area contributed by atoms with Gasteiger partial charge in [0.05, 0.1) is 12.1 Å². The lowest BCUT2D eigenvalue weighted by Crippen LogP contribution is -2.57. The van der Waals surface area contributed by atoms with Crippen LogP contribution in [0.25, 0.3) is 11.1 Å². The van der Waals surface area contributed by atoms with Crippen LogP contribution in [0.3, 0.4) is 0 Å². The highest BCUT2D eigenvalue weighted by molar-refractivity contribution is 6.12. The number of nitrogens with two attached hydrogens (primary N) is 2. The number of nitrogens with one attached hydrogen (secondary N) is 6. The van der Waals surface area contributed by atoms with Gasteiger partial charge in [-0.1, -0.05) is 71.4 Å². The third kappa shape index (κ3) is 25.0. The van der Waals surface area contributed by atoms with Crippen molar-refractivity contribution in [2.24, 2.45) is 28.7 Å². The zero-order valence-electron chi connectivity index (χ0n) is 52.7. The fourth-order valence-corrected chi connectivity index (χ4v) is 10.7.